The molecule has 100 valence electrons. The van der Waals surface area contributed by atoms with Gasteiger partial charge < -0.3 is 9.72 Å². The molecule has 1 N–H and O–H groups in total. The molecule has 1 atom stereocenters. The van der Waals surface area contributed by atoms with E-state index < -0.39 is 0 Å². The summed E-state index contributed by atoms with van der Waals surface area (Å²) in [6, 6.07) is 0. The smallest absolute Gasteiger partial charge is 0.319 e. The van der Waals surface area contributed by atoms with Crippen LogP contribution < -0.4 is 5.56 Å². The van der Waals surface area contributed by atoms with E-state index in [9.17, 15) is 9.59 Å². The maximum absolute atomic E-state index is 11.8. The minimum atomic E-state index is -0.343. The number of aryl methyl sites for hydroxylation is 1. The van der Waals surface area contributed by atoms with Crippen molar-refractivity contribution < 1.29 is 9.53 Å². The molecule has 0 aliphatic rings. The number of carbonyl (C=O) groups is 1. The van der Waals surface area contributed by atoms with Gasteiger partial charge in [0.05, 0.1) is 7.11 Å². The van der Waals surface area contributed by atoms with Gasteiger partial charge >= 0.3 is 5.97 Å². The summed E-state index contributed by atoms with van der Waals surface area (Å²) < 4.78 is 4.70. The van der Waals surface area contributed by atoms with Crippen LogP contribution >= 0.6 is 11.8 Å². The molecule has 0 saturated heterocycles. The summed E-state index contributed by atoms with van der Waals surface area (Å²) in [5.41, 5.74) is 1.26. The molecule has 0 aliphatic carbocycles. The zero-order valence-electron chi connectivity index (χ0n) is 11.1. The molecule has 0 saturated carbocycles. The highest BCUT2D eigenvalue weighted by Crippen LogP contribution is 2.22. The summed E-state index contributed by atoms with van der Waals surface area (Å²) in [6.45, 7) is 5.60. The molecule has 0 bridgehead atoms. The van der Waals surface area contributed by atoms with Gasteiger partial charge in [-0.2, -0.15) is 0 Å². The molecular weight excluding hydrogens is 252 g/mol. The number of hydrogen-bond donors (Lipinski definition) is 1. The Kier molecular flexibility index (Phi) is 5.40. The average molecular weight is 270 g/mol. The Labute approximate surface area is 110 Å². The first-order chi connectivity index (χ1) is 8.53. The van der Waals surface area contributed by atoms with Crippen molar-refractivity contribution in [2.75, 3.05) is 7.11 Å². The summed E-state index contributed by atoms with van der Waals surface area (Å²) >= 11 is 1.23. The molecule has 1 rings (SSSR count). The van der Waals surface area contributed by atoms with Crippen LogP contribution in [0.15, 0.2) is 9.95 Å². The summed E-state index contributed by atoms with van der Waals surface area (Å²) in [4.78, 5) is 30.3. The predicted molar refractivity (Wildman–Crippen MR) is 70.9 cm³/mol. The van der Waals surface area contributed by atoms with E-state index >= 15 is 0 Å². The predicted octanol–water partition coefficient (Wildman–Crippen LogP) is 1.68. The Balaban J connectivity index is 2.98. The second-order valence-electron chi connectivity index (χ2n) is 3.83. The van der Waals surface area contributed by atoms with Crippen LogP contribution in [-0.4, -0.2) is 28.3 Å². The van der Waals surface area contributed by atoms with Gasteiger partial charge in [-0.15, -0.1) is 0 Å². The number of aromatic nitrogens is 2. The quantitative estimate of drug-likeness (QED) is 0.501. The SMILES string of the molecule is CCc1c(C)nc(SC(CC)C(=O)OC)[nH]c1=O. The van der Waals surface area contributed by atoms with Gasteiger partial charge in [-0.05, 0) is 19.8 Å². The largest absolute Gasteiger partial charge is 0.468 e. The van der Waals surface area contributed by atoms with Crippen molar-refractivity contribution >= 4 is 17.7 Å². The number of H-pyrrole nitrogens is 1. The van der Waals surface area contributed by atoms with Crippen LogP contribution in [0.2, 0.25) is 0 Å². The van der Waals surface area contributed by atoms with Crippen molar-refractivity contribution in [3.8, 4) is 0 Å². The Morgan fingerprint density at radius 2 is 2.17 bits per heavy atom. The first kappa shape index (κ1) is 14.8. The Hall–Kier alpha value is -1.30. The summed E-state index contributed by atoms with van der Waals surface area (Å²) in [7, 11) is 1.35. The van der Waals surface area contributed by atoms with Crippen LogP contribution in [0.25, 0.3) is 0 Å². The van der Waals surface area contributed by atoms with E-state index in [4.69, 9.17) is 4.74 Å². The van der Waals surface area contributed by atoms with E-state index in [0.717, 1.165) is 0 Å². The molecule has 0 spiro atoms. The normalized spacial score (nSPS) is 12.2. The molecule has 1 aromatic rings. The van der Waals surface area contributed by atoms with Gasteiger partial charge in [-0.25, -0.2) is 4.98 Å². The van der Waals surface area contributed by atoms with Gasteiger partial charge in [0.1, 0.15) is 5.25 Å². The summed E-state index contributed by atoms with van der Waals surface area (Å²) in [5.74, 6) is -0.303. The van der Waals surface area contributed by atoms with E-state index in [-0.39, 0.29) is 16.8 Å². The molecular formula is C12H18N2O3S. The molecule has 0 aromatic carbocycles. The number of hydrogen-bond acceptors (Lipinski definition) is 5. The monoisotopic (exact) mass is 270 g/mol. The van der Waals surface area contributed by atoms with Crippen LogP contribution in [0, 0.1) is 6.92 Å². The minimum absolute atomic E-state index is 0.132. The van der Waals surface area contributed by atoms with Crippen LogP contribution in [-0.2, 0) is 16.0 Å². The lowest BCUT2D eigenvalue weighted by Crippen LogP contribution is -2.21. The van der Waals surface area contributed by atoms with E-state index in [2.05, 4.69) is 9.97 Å². The number of thioether (sulfide) groups is 1. The van der Waals surface area contributed by atoms with Crippen molar-refractivity contribution in [1.82, 2.24) is 9.97 Å². The maximum atomic E-state index is 11.8. The van der Waals surface area contributed by atoms with Gasteiger partial charge in [-0.3, -0.25) is 9.59 Å². The number of methoxy groups -OCH3 is 1. The minimum Gasteiger partial charge on any atom is -0.468 e. The fraction of sp³-hybridized carbons (Fsp3) is 0.583. The standard InChI is InChI=1S/C12H18N2O3S/c1-5-8-7(3)13-12(14-10(8)15)18-9(6-2)11(16)17-4/h9H,5-6H2,1-4H3,(H,13,14,15). The van der Waals surface area contributed by atoms with E-state index in [1.165, 1.54) is 18.9 Å². The molecule has 0 fully saturated rings. The topological polar surface area (TPSA) is 72.0 Å². The number of esters is 1. The highest BCUT2D eigenvalue weighted by molar-refractivity contribution is 8.00. The third kappa shape index (κ3) is 3.35. The number of nitrogens with one attached hydrogen (secondary N) is 1. The first-order valence-electron chi connectivity index (χ1n) is 5.87. The number of rotatable bonds is 5. The van der Waals surface area contributed by atoms with Crippen LogP contribution in [0.4, 0.5) is 0 Å². The summed E-state index contributed by atoms with van der Waals surface area (Å²) in [5, 5.41) is 0.122. The Bertz CT molecular complexity index is 485. The first-order valence-corrected chi connectivity index (χ1v) is 6.75. The van der Waals surface area contributed by atoms with Crippen molar-refractivity contribution in [2.45, 2.75) is 44.0 Å². The van der Waals surface area contributed by atoms with Crippen LogP contribution in [0.5, 0.6) is 0 Å². The lowest BCUT2D eigenvalue weighted by atomic mass is 10.2. The molecule has 18 heavy (non-hydrogen) atoms. The number of nitrogens with zero attached hydrogens (tertiary/aromatic N) is 1. The maximum Gasteiger partial charge on any atom is 0.319 e. The highest BCUT2D eigenvalue weighted by Gasteiger charge is 2.20. The number of carbonyl (C=O) groups excluding carboxylic acids is 1. The van der Waals surface area contributed by atoms with E-state index in [0.29, 0.717) is 29.3 Å². The lowest BCUT2D eigenvalue weighted by Gasteiger charge is -2.11. The number of aromatic amines is 1. The number of ether oxygens (including phenoxy) is 1. The van der Waals surface area contributed by atoms with E-state index in [1.54, 1.807) is 6.92 Å². The van der Waals surface area contributed by atoms with Gasteiger partial charge in [0.25, 0.3) is 5.56 Å². The molecule has 1 heterocycles. The average Bonchev–Trinajstić information content (AvgIpc) is 2.34. The second-order valence-corrected chi connectivity index (χ2v) is 5.02. The van der Waals surface area contributed by atoms with Crippen LogP contribution in [0.3, 0.4) is 0 Å². The van der Waals surface area contributed by atoms with Crippen LogP contribution in [0.1, 0.15) is 31.5 Å². The van der Waals surface area contributed by atoms with Gasteiger partial charge in [0, 0.05) is 11.3 Å². The molecule has 0 radical (unpaired) electrons. The molecule has 0 amide bonds. The fourth-order valence-electron chi connectivity index (χ4n) is 1.62. The van der Waals surface area contributed by atoms with Gasteiger partial charge in [0.2, 0.25) is 0 Å². The third-order valence-corrected chi connectivity index (χ3v) is 3.87. The van der Waals surface area contributed by atoms with Crippen molar-refractivity contribution in [3.05, 3.63) is 21.6 Å². The zero-order chi connectivity index (χ0) is 13.7. The lowest BCUT2D eigenvalue weighted by molar-refractivity contribution is -0.140. The van der Waals surface area contributed by atoms with Crippen molar-refractivity contribution in [2.24, 2.45) is 0 Å². The fourth-order valence-corrected chi connectivity index (χ4v) is 2.59. The molecule has 1 unspecified atom stereocenters. The zero-order valence-corrected chi connectivity index (χ0v) is 11.9. The molecule has 1 aromatic heterocycles. The molecule has 6 heteroatoms. The van der Waals surface area contributed by atoms with E-state index in [1.807, 2.05) is 13.8 Å². The highest BCUT2D eigenvalue weighted by atomic mass is 32.2. The van der Waals surface area contributed by atoms with Crippen molar-refractivity contribution in [3.63, 3.8) is 0 Å². The third-order valence-electron chi connectivity index (χ3n) is 2.64. The molecule has 5 nitrogen and oxygen atoms in total. The molecule has 0 aliphatic heterocycles. The Morgan fingerprint density at radius 3 is 2.61 bits per heavy atom. The second kappa shape index (κ2) is 6.58. The Morgan fingerprint density at radius 1 is 1.50 bits per heavy atom. The van der Waals surface area contributed by atoms with Gasteiger partial charge in [-0.1, -0.05) is 25.6 Å². The van der Waals surface area contributed by atoms with Crippen molar-refractivity contribution in [1.29, 1.82) is 0 Å². The summed E-state index contributed by atoms with van der Waals surface area (Å²) in [6.07, 6.45) is 1.27. The van der Waals surface area contributed by atoms with Gasteiger partial charge in [0.15, 0.2) is 5.16 Å².